The van der Waals surface area contributed by atoms with Gasteiger partial charge in [0.25, 0.3) is 5.56 Å². The number of benzene rings is 2. The Morgan fingerprint density at radius 3 is 2.61 bits per heavy atom. The Morgan fingerprint density at radius 2 is 1.95 bits per heavy atom. The molecule has 2 aromatic carbocycles. The van der Waals surface area contributed by atoms with E-state index in [2.05, 4.69) is 15.1 Å². The van der Waals surface area contributed by atoms with Crippen molar-refractivity contribution in [2.75, 3.05) is 6.61 Å². The van der Waals surface area contributed by atoms with E-state index < -0.39 is 61.8 Å². The first-order valence-corrected chi connectivity index (χ1v) is 15.0. The summed E-state index contributed by atoms with van der Waals surface area (Å²) in [6.45, 7) is 0.184. The number of aromatic amines is 1. The highest BCUT2D eigenvalue weighted by Gasteiger charge is 2.56. The summed E-state index contributed by atoms with van der Waals surface area (Å²) in [5, 5.41) is 27.6. The standard InChI is InChI=1S/C25H25Cl2N6O10P/c1-14(23(37)40-12-15-5-3-2-4-6-15)30-44(39,43-16-7-8-17(26)18(27)11-16)41-13-25(31-32-28)21(36)20(35)22(42-25)33-10-9-19(34)29-24(33)38/h2-11,14,20-22,35-36H,12-13H2,1H3,(H,30,39)(H,29,34,38)/t14-,20-,21+,22-,25-,44?/m1/s1. The molecule has 234 valence electrons. The van der Waals surface area contributed by atoms with E-state index in [4.69, 9.17) is 41.7 Å². The summed E-state index contributed by atoms with van der Waals surface area (Å²) in [6, 6.07) is 12.3. The minimum Gasteiger partial charge on any atom is -0.460 e. The highest BCUT2D eigenvalue weighted by Crippen LogP contribution is 2.48. The molecule has 19 heteroatoms. The Morgan fingerprint density at radius 1 is 1.23 bits per heavy atom. The lowest BCUT2D eigenvalue weighted by atomic mass is 10.1. The molecule has 1 unspecified atom stereocenters. The fourth-order valence-corrected chi connectivity index (χ4v) is 5.80. The number of aliphatic hydroxyl groups is 2. The van der Waals surface area contributed by atoms with Crippen molar-refractivity contribution in [1.82, 2.24) is 14.6 Å². The van der Waals surface area contributed by atoms with Gasteiger partial charge < -0.3 is 24.2 Å². The van der Waals surface area contributed by atoms with Crippen molar-refractivity contribution in [3.8, 4) is 5.75 Å². The Kier molecular flexibility index (Phi) is 10.5. The quantitative estimate of drug-likeness (QED) is 0.0719. The summed E-state index contributed by atoms with van der Waals surface area (Å²) in [5.41, 5.74) is 5.70. The summed E-state index contributed by atoms with van der Waals surface area (Å²) in [5.74, 6) is -0.964. The van der Waals surface area contributed by atoms with Crippen molar-refractivity contribution in [2.24, 2.45) is 5.11 Å². The number of esters is 1. The normalized spacial score (nSPS) is 23.2. The van der Waals surface area contributed by atoms with Crippen LogP contribution < -0.4 is 20.9 Å². The van der Waals surface area contributed by atoms with Crippen molar-refractivity contribution in [2.45, 2.75) is 43.7 Å². The molecule has 1 saturated heterocycles. The Balaban J connectivity index is 1.59. The lowest BCUT2D eigenvalue weighted by Gasteiger charge is -2.29. The second-order valence-electron chi connectivity index (χ2n) is 9.38. The van der Waals surface area contributed by atoms with E-state index in [1.807, 2.05) is 4.98 Å². The number of aliphatic hydroxyl groups excluding tert-OH is 2. The van der Waals surface area contributed by atoms with Gasteiger partial charge in [-0.1, -0.05) is 58.6 Å². The van der Waals surface area contributed by atoms with Crippen LogP contribution in [0.1, 0.15) is 18.7 Å². The summed E-state index contributed by atoms with van der Waals surface area (Å²) in [4.78, 5) is 41.1. The molecule has 0 saturated carbocycles. The zero-order valence-corrected chi connectivity index (χ0v) is 25.1. The number of ether oxygens (including phenoxy) is 2. The monoisotopic (exact) mass is 670 g/mol. The molecule has 0 radical (unpaired) electrons. The summed E-state index contributed by atoms with van der Waals surface area (Å²) >= 11 is 12.0. The van der Waals surface area contributed by atoms with Crippen LogP contribution in [0.3, 0.4) is 0 Å². The molecule has 0 amide bonds. The van der Waals surface area contributed by atoms with Crippen molar-refractivity contribution in [3.63, 3.8) is 0 Å². The lowest BCUT2D eigenvalue weighted by Crippen LogP contribution is -2.45. The van der Waals surface area contributed by atoms with Crippen molar-refractivity contribution < 1.29 is 38.1 Å². The molecule has 1 aliphatic heterocycles. The molecule has 44 heavy (non-hydrogen) atoms. The number of azide groups is 1. The number of hydrogen-bond donors (Lipinski definition) is 4. The van der Waals surface area contributed by atoms with Gasteiger partial charge in [0.05, 0.1) is 16.7 Å². The molecule has 4 rings (SSSR count). The second-order valence-corrected chi connectivity index (χ2v) is 11.9. The van der Waals surface area contributed by atoms with Gasteiger partial charge in [0.2, 0.25) is 5.72 Å². The number of carbonyl (C=O) groups is 1. The average Bonchev–Trinajstić information content (AvgIpc) is 3.23. The van der Waals surface area contributed by atoms with Gasteiger partial charge in [-0.2, -0.15) is 5.09 Å². The summed E-state index contributed by atoms with van der Waals surface area (Å²) in [6.07, 6.45) is -4.65. The van der Waals surface area contributed by atoms with Crippen LogP contribution in [-0.4, -0.2) is 56.3 Å². The number of nitrogens with zero attached hydrogens (tertiary/aromatic N) is 4. The van der Waals surface area contributed by atoms with Gasteiger partial charge in [-0.25, -0.2) is 9.36 Å². The molecule has 6 atom stereocenters. The van der Waals surface area contributed by atoms with Gasteiger partial charge in [0.1, 0.15) is 30.6 Å². The lowest BCUT2D eigenvalue weighted by molar-refractivity contribution is -0.146. The van der Waals surface area contributed by atoms with Crippen LogP contribution in [0.4, 0.5) is 0 Å². The minimum absolute atomic E-state index is 0.0310. The van der Waals surface area contributed by atoms with E-state index in [1.54, 1.807) is 30.3 Å². The maximum absolute atomic E-state index is 14.0. The van der Waals surface area contributed by atoms with E-state index in [9.17, 15) is 34.7 Å². The van der Waals surface area contributed by atoms with Gasteiger partial charge in [0.15, 0.2) is 6.23 Å². The first-order chi connectivity index (χ1) is 20.9. The number of hydrogen-bond acceptors (Lipinski definition) is 11. The van der Waals surface area contributed by atoms with Gasteiger partial charge in [-0.3, -0.25) is 23.7 Å². The molecule has 1 aliphatic rings. The number of carbonyl (C=O) groups excluding carboxylic acids is 1. The van der Waals surface area contributed by atoms with Crippen LogP contribution in [0.5, 0.6) is 5.75 Å². The third-order valence-corrected chi connectivity index (χ3v) is 8.59. The molecule has 0 spiro atoms. The maximum Gasteiger partial charge on any atom is 0.459 e. The van der Waals surface area contributed by atoms with Gasteiger partial charge >= 0.3 is 19.4 Å². The van der Waals surface area contributed by atoms with Crippen LogP contribution in [0, 0.1) is 0 Å². The molecule has 1 fully saturated rings. The zero-order valence-electron chi connectivity index (χ0n) is 22.6. The molecule has 3 aromatic rings. The largest absolute Gasteiger partial charge is 0.460 e. The molecular formula is C25H25Cl2N6O10P. The number of rotatable bonds is 12. The fourth-order valence-electron chi connectivity index (χ4n) is 4.01. The van der Waals surface area contributed by atoms with E-state index in [1.165, 1.54) is 25.1 Å². The smallest absolute Gasteiger partial charge is 0.459 e. The van der Waals surface area contributed by atoms with Crippen LogP contribution in [-0.2, 0) is 30.0 Å². The Hall–Kier alpha value is -3.69. The minimum atomic E-state index is -4.68. The Bertz CT molecular complexity index is 1720. The van der Waals surface area contributed by atoms with E-state index in [0.29, 0.717) is 5.56 Å². The molecular weight excluding hydrogens is 646 g/mol. The van der Waals surface area contributed by atoms with Crippen LogP contribution in [0.2, 0.25) is 10.0 Å². The number of H-pyrrole nitrogens is 1. The Labute approximate surface area is 258 Å². The predicted molar refractivity (Wildman–Crippen MR) is 155 cm³/mol. The number of nitrogens with one attached hydrogen (secondary N) is 2. The van der Waals surface area contributed by atoms with Crippen molar-refractivity contribution >= 4 is 36.9 Å². The summed E-state index contributed by atoms with van der Waals surface area (Å²) < 4.78 is 36.7. The third-order valence-electron chi connectivity index (χ3n) is 6.23. The van der Waals surface area contributed by atoms with Crippen molar-refractivity contribution in [3.05, 3.63) is 108 Å². The molecule has 1 aromatic heterocycles. The van der Waals surface area contributed by atoms with Gasteiger partial charge in [-0.15, -0.1) is 0 Å². The number of aromatic nitrogens is 2. The molecule has 2 heterocycles. The maximum atomic E-state index is 14.0. The SMILES string of the molecule is C[C@@H](NP(=O)(OC[C@@]1(N=[N+]=[N-])O[C@@H](n2ccc(=O)[nH]c2=O)[C@H](O)[C@@H]1O)Oc1ccc(Cl)c(Cl)c1)C(=O)OCc1ccccc1. The first kappa shape index (κ1) is 33.2. The van der Waals surface area contributed by atoms with E-state index in [-0.39, 0.29) is 22.4 Å². The molecule has 16 nitrogen and oxygen atoms in total. The third kappa shape index (κ3) is 7.68. The van der Waals surface area contributed by atoms with Gasteiger partial charge in [0, 0.05) is 23.2 Å². The molecule has 4 N–H and O–H groups in total. The fraction of sp³-hybridized carbons (Fsp3) is 0.320. The zero-order chi connectivity index (χ0) is 32.1. The predicted octanol–water partition coefficient (Wildman–Crippen LogP) is 3.03. The topological polar surface area (TPSA) is 227 Å². The van der Waals surface area contributed by atoms with Crippen LogP contribution >= 0.6 is 30.9 Å². The highest BCUT2D eigenvalue weighted by molar-refractivity contribution is 7.52. The second kappa shape index (κ2) is 13.9. The first-order valence-electron chi connectivity index (χ1n) is 12.7. The summed E-state index contributed by atoms with van der Waals surface area (Å²) in [7, 11) is -4.68. The van der Waals surface area contributed by atoms with Crippen molar-refractivity contribution in [1.29, 1.82) is 0 Å². The van der Waals surface area contributed by atoms with Crippen LogP contribution in [0.25, 0.3) is 10.4 Å². The average molecular weight is 671 g/mol. The molecule has 0 bridgehead atoms. The van der Waals surface area contributed by atoms with E-state index in [0.717, 1.165) is 16.8 Å². The number of halogens is 2. The molecule has 0 aliphatic carbocycles. The van der Waals surface area contributed by atoms with E-state index >= 15 is 0 Å². The van der Waals surface area contributed by atoms with Crippen LogP contribution in [0.15, 0.2) is 75.5 Å². The van der Waals surface area contributed by atoms with Gasteiger partial charge in [-0.05, 0) is 30.2 Å². The highest BCUT2D eigenvalue weighted by atomic mass is 35.5.